The van der Waals surface area contributed by atoms with Crippen LogP contribution in [0.2, 0.25) is 0 Å². The minimum Gasteiger partial charge on any atom is -0.493 e. The first kappa shape index (κ1) is 15.5. The number of ether oxygens (including phenoxy) is 2. The molecule has 1 rings (SSSR count). The molecule has 0 saturated heterocycles. The van der Waals surface area contributed by atoms with Gasteiger partial charge in [-0.25, -0.2) is 0 Å². The van der Waals surface area contributed by atoms with Crippen molar-refractivity contribution in [1.82, 2.24) is 0 Å². The van der Waals surface area contributed by atoms with Crippen LogP contribution in [0.5, 0.6) is 11.5 Å². The quantitative estimate of drug-likeness (QED) is 0.859. The van der Waals surface area contributed by atoms with E-state index >= 15 is 0 Å². The molecule has 0 aliphatic rings. The summed E-state index contributed by atoms with van der Waals surface area (Å²) in [5.74, 6) is 0.929. The molecule has 0 heterocycles. The first-order chi connectivity index (χ1) is 7.58. The van der Waals surface area contributed by atoms with Gasteiger partial charge in [0.25, 0.3) is 0 Å². The molecule has 0 aliphatic carbocycles. The van der Waals surface area contributed by atoms with E-state index in [1.807, 2.05) is 0 Å². The van der Waals surface area contributed by atoms with Gasteiger partial charge in [0.2, 0.25) is 5.91 Å². The van der Waals surface area contributed by atoms with E-state index in [0.29, 0.717) is 17.2 Å². The van der Waals surface area contributed by atoms with Crippen LogP contribution in [0, 0.1) is 0 Å². The molecule has 1 unspecified atom stereocenters. The molecule has 5 nitrogen and oxygen atoms in total. The van der Waals surface area contributed by atoms with Crippen molar-refractivity contribution in [3.8, 4) is 11.5 Å². The van der Waals surface area contributed by atoms with E-state index in [4.69, 9.17) is 15.2 Å². The summed E-state index contributed by atoms with van der Waals surface area (Å²) in [6.07, 6.45) is 0. The van der Waals surface area contributed by atoms with Gasteiger partial charge in [0, 0.05) is 11.8 Å². The standard InChI is InChI=1S/C11H16N2O3.ClH/c1-7(12)11(14)13-8-4-5-9(15-2)10(6-8)16-3;/h4-7H,12H2,1-3H3,(H,13,14);1H. The molecule has 1 aromatic carbocycles. The van der Waals surface area contributed by atoms with Crippen molar-refractivity contribution in [2.24, 2.45) is 5.73 Å². The van der Waals surface area contributed by atoms with Crippen LogP contribution < -0.4 is 20.5 Å². The number of nitrogens with two attached hydrogens (primary N) is 1. The van der Waals surface area contributed by atoms with E-state index in [1.165, 1.54) is 7.11 Å². The fraction of sp³-hybridized carbons (Fsp3) is 0.364. The topological polar surface area (TPSA) is 73.6 Å². The van der Waals surface area contributed by atoms with Gasteiger partial charge in [-0.2, -0.15) is 0 Å². The number of carbonyl (C=O) groups is 1. The van der Waals surface area contributed by atoms with Crippen LogP contribution >= 0.6 is 12.4 Å². The monoisotopic (exact) mass is 260 g/mol. The maximum absolute atomic E-state index is 11.4. The number of methoxy groups -OCH3 is 2. The van der Waals surface area contributed by atoms with Crippen molar-refractivity contribution >= 4 is 24.0 Å². The van der Waals surface area contributed by atoms with E-state index in [0.717, 1.165) is 0 Å². The molecular weight excluding hydrogens is 244 g/mol. The minimum absolute atomic E-state index is 0. The summed E-state index contributed by atoms with van der Waals surface area (Å²) >= 11 is 0. The second-order valence-electron chi connectivity index (χ2n) is 3.35. The third-order valence-corrected chi connectivity index (χ3v) is 2.06. The molecule has 0 fully saturated rings. The first-order valence-electron chi connectivity index (χ1n) is 4.87. The molecule has 1 atom stereocenters. The summed E-state index contributed by atoms with van der Waals surface area (Å²) < 4.78 is 10.2. The highest BCUT2D eigenvalue weighted by Crippen LogP contribution is 2.29. The number of rotatable bonds is 4. The van der Waals surface area contributed by atoms with E-state index in [1.54, 1.807) is 32.2 Å². The maximum atomic E-state index is 11.4. The Morgan fingerprint density at radius 3 is 2.35 bits per heavy atom. The first-order valence-corrected chi connectivity index (χ1v) is 4.87. The Balaban J connectivity index is 0.00000256. The van der Waals surface area contributed by atoms with Gasteiger partial charge in [0.1, 0.15) is 0 Å². The van der Waals surface area contributed by atoms with E-state index in [9.17, 15) is 4.79 Å². The molecule has 1 amide bonds. The van der Waals surface area contributed by atoms with E-state index in [-0.39, 0.29) is 18.3 Å². The van der Waals surface area contributed by atoms with Crippen LogP contribution in [0.25, 0.3) is 0 Å². The van der Waals surface area contributed by atoms with Crippen LogP contribution in [0.1, 0.15) is 6.92 Å². The van der Waals surface area contributed by atoms with Gasteiger partial charge in [0.15, 0.2) is 11.5 Å². The lowest BCUT2D eigenvalue weighted by atomic mass is 10.2. The third kappa shape index (κ3) is 4.13. The number of hydrogen-bond acceptors (Lipinski definition) is 4. The highest BCUT2D eigenvalue weighted by atomic mass is 35.5. The van der Waals surface area contributed by atoms with Gasteiger partial charge in [-0.05, 0) is 19.1 Å². The van der Waals surface area contributed by atoms with Crippen molar-refractivity contribution in [3.63, 3.8) is 0 Å². The zero-order chi connectivity index (χ0) is 12.1. The molecule has 0 spiro atoms. The number of benzene rings is 1. The van der Waals surface area contributed by atoms with Gasteiger partial charge in [-0.1, -0.05) is 0 Å². The average Bonchev–Trinajstić information content (AvgIpc) is 2.28. The Hall–Kier alpha value is -1.46. The summed E-state index contributed by atoms with van der Waals surface area (Å²) in [6, 6.07) is 4.57. The van der Waals surface area contributed by atoms with Gasteiger partial charge < -0.3 is 20.5 Å². The molecule has 0 aliphatic heterocycles. The lowest BCUT2D eigenvalue weighted by molar-refractivity contribution is -0.117. The number of carbonyl (C=O) groups excluding carboxylic acids is 1. The van der Waals surface area contributed by atoms with Crippen molar-refractivity contribution in [1.29, 1.82) is 0 Å². The maximum Gasteiger partial charge on any atom is 0.241 e. The predicted octanol–water partition coefficient (Wildman–Crippen LogP) is 1.41. The normalized spacial score (nSPS) is 11.1. The summed E-state index contributed by atoms with van der Waals surface area (Å²) in [6.45, 7) is 1.62. The zero-order valence-electron chi connectivity index (χ0n) is 10.0. The highest BCUT2D eigenvalue weighted by Gasteiger charge is 2.09. The van der Waals surface area contributed by atoms with E-state index in [2.05, 4.69) is 5.32 Å². The van der Waals surface area contributed by atoms with Crippen molar-refractivity contribution in [2.75, 3.05) is 19.5 Å². The number of hydrogen-bond donors (Lipinski definition) is 2. The molecule has 3 N–H and O–H groups in total. The Morgan fingerprint density at radius 2 is 1.88 bits per heavy atom. The SMILES string of the molecule is COc1ccc(NC(=O)C(C)N)cc1OC.Cl. The Kier molecular flexibility index (Phi) is 6.38. The van der Waals surface area contributed by atoms with Crippen molar-refractivity contribution in [3.05, 3.63) is 18.2 Å². The molecule has 1 aromatic rings. The molecule has 0 aromatic heterocycles. The van der Waals surface area contributed by atoms with Crippen LogP contribution in [0.4, 0.5) is 5.69 Å². The number of amides is 1. The van der Waals surface area contributed by atoms with Crippen LogP contribution in [-0.2, 0) is 4.79 Å². The third-order valence-electron chi connectivity index (χ3n) is 2.06. The average molecular weight is 261 g/mol. The number of nitrogens with one attached hydrogen (secondary N) is 1. The molecule has 0 bridgehead atoms. The largest absolute Gasteiger partial charge is 0.493 e. The highest BCUT2D eigenvalue weighted by molar-refractivity contribution is 5.94. The van der Waals surface area contributed by atoms with E-state index < -0.39 is 6.04 Å². The molecule has 6 heteroatoms. The fourth-order valence-electron chi connectivity index (χ4n) is 1.17. The molecule has 0 radical (unpaired) electrons. The zero-order valence-corrected chi connectivity index (χ0v) is 10.8. The van der Waals surface area contributed by atoms with Crippen LogP contribution in [-0.4, -0.2) is 26.2 Å². The van der Waals surface area contributed by atoms with Gasteiger partial charge >= 0.3 is 0 Å². The van der Waals surface area contributed by atoms with Crippen LogP contribution in [0.3, 0.4) is 0 Å². The van der Waals surface area contributed by atoms with Crippen molar-refractivity contribution in [2.45, 2.75) is 13.0 Å². The second-order valence-corrected chi connectivity index (χ2v) is 3.35. The fourth-order valence-corrected chi connectivity index (χ4v) is 1.17. The Morgan fingerprint density at radius 1 is 1.29 bits per heavy atom. The lowest BCUT2D eigenvalue weighted by Crippen LogP contribution is -2.32. The van der Waals surface area contributed by atoms with Gasteiger partial charge in [-0.15, -0.1) is 12.4 Å². The summed E-state index contributed by atoms with van der Waals surface area (Å²) in [4.78, 5) is 11.4. The minimum atomic E-state index is -0.548. The van der Waals surface area contributed by atoms with Gasteiger partial charge in [-0.3, -0.25) is 4.79 Å². The number of halogens is 1. The summed E-state index contributed by atoms with van der Waals surface area (Å²) in [5, 5.41) is 2.67. The molecular formula is C11H17ClN2O3. The summed E-state index contributed by atoms with van der Waals surface area (Å²) in [5.41, 5.74) is 6.07. The summed E-state index contributed by atoms with van der Waals surface area (Å²) in [7, 11) is 3.09. The molecule has 0 saturated carbocycles. The van der Waals surface area contributed by atoms with Crippen LogP contribution in [0.15, 0.2) is 18.2 Å². The molecule has 17 heavy (non-hydrogen) atoms. The second kappa shape index (κ2) is 6.98. The number of anilines is 1. The van der Waals surface area contributed by atoms with Crippen molar-refractivity contribution < 1.29 is 14.3 Å². The molecule has 96 valence electrons. The smallest absolute Gasteiger partial charge is 0.241 e. The van der Waals surface area contributed by atoms with Gasteiger partial charge in [0.05, 0.1) is 20.3 Å². The Labute approximate surface area is 107 Å². The predicted molar refractivity (Wildman–Crippen MR) is 69.1 cm³/mol. The lowest BCUT2D eigenvalue weighted by Gasteiger charge is -2.11. The Bertz CT molecular complexity index is 383.